The summed E-state index contributed by atoms with van der Waals surface area (Å²) in [7, 11) is 1.75. The number of carbonyl (C=O) groups is 1. The molecular weight excluding hydrogens is 312 g/mol. The van der Waals surface area contributed by atoms with E-state index in [-0.39, 0.29) is 11.9 Å². The van der Waals surface area contributed by atoms with Gasteiger partial charge in [-0.1, -0.05) is 54.1 Å². The first-order valence-corrected chi connectivity index (χ1v) is 9.05. The van der Waals surface area contributed by atoms with Crippen molar-refractivity contribution in [2.75, 3.05) is 13.7 Å². The zero-order chi connectivity index (χ0) is 17.7. The molecule has 0 N–H and O–H groups in total. The van der Waals surface area contributed by atoms with Crippen LogP contribution in [0.5, 0.6) is 0 Å². The minimum Gasteiger partial charge on any atom is -0.463 e. The first-order valence-electron chi connectivity index (χ1n) is 9.05. The molecule has 0 aromatic heterocycles. The highest BCUT2D eigenvalue weighted by atomic mass is 16.5. The molecule has 1 fully saturated rings. The fourth-order valence-electron chi connectivity index (χ4n) is 3.93. The number of rotatable bonds is 5. The Bertz CT molecular complexity index is 686. The summed E-state index contributed by atoms with van der Waals surface area (Å²) in [6, 6.07) is 10.3. The quantitative estimate of drug-likeness (QED) is 0.448. The van der Waals surface area contributed by atoms with Crippen LogP contribution in [0.25, 0.3) is 0 Å². The molecule has 1 aromatic rings. The topological polar surface area (TPSA) is 35.5 Å². The minimum atomic E-state index is -0.602. The van der Waals surface area contributed by atoms with Crippen LogP contribution < -0.4 is 0 Å². The molecule has 3 atom stereocenters. The number of hydrogen-bond donors (Lipinski definition) is 0. The maximum atomic E-state index is 11.8. The number of hydrogen-bond acceptors (Lipinski definition) is 3. The molecule has 0 saturated heterocycles. The van der Waals surface area contributed by atoms with E-state index in [9.17, 15) is 4.79 Å². The molecular formula is C22H26O3. The molecule has 0 unspecified atom stereocenters. The van der Waals surface area contributed by atoms with Gasteiger partial charge in [0.2, 0.25) is 0 Å². The van der Waals surface area contributed by atoms with Crippen molar-refractivity contribution < 1.29 is 14.3 Å². The lowest BCUT2D eigenvalue weighted by Gasteiger charge is -2.35. The molecule has 1 aromatic carbocycles. The Hall–Kier alpha value is -2.13. The maximum Gasteiger partial charge on any atom is 0.330 e. The summed E-state index contributed by atoms with van der Waals surface area (Å²) in [6.45, 7) is 2.19. The summed E-state index contributed by atoms with van der Waals surface area (Å²) in [5.41, 5.74) is 1.93. The van der Waals surface area contributed by atoms with Crippen molar-refractivity contribution in [3.63, 3.8) is 0 Å². The molecule has 0 spiro atoms. The Morgan fingerprint density at radius 3 is 2.80 bits per heavy atom. The van der Waals surface area contributed by atoms with Crippen LogP contribution in [-0.4, -0.2) is 19.7 Å². The van der Waals surface area contributed by atoms with Crippen molar-refractivity contribution in [3.05, 3.63) is 71.8 Å². The van der Waals surface area contributed by atoms with Gasteiger partial charge >= 0.3 is 5.97 Å². The predicted octanol–water partition coefficient (Wildman–Crippen LogP) is 4.56. The van der Waals surface area contributed by atoms with Crippen molar-refractivity contribution in [2.45, 2.75) is 31.8 Å². The van der Waals surface area contributed by atoms with Crippen molar-refractivity contribution in [1.29, 1.82) is 0 Å². The third-order valence-electron chi connectivity index (χ3n) is 5.19. The molecule has 0 radical (unpaired) electrons. The van der Waals surface area contributed by atoms with Gasteiger partial charge in [-0.05, 0) is 43.7 Å². The van der Waals surface area contributed by atoms with E-state index in [0.717, 1.165) is 12.0 Å². The van der Waals surface area contributed by atoms with Crippen molar-refractivity contribution >= 4 is 5.97 Å². The number of methoxy groups -OCH3 is 1. The van der Waals surface area contributed by atoms with Crippen LogP contribution in [0.3, 0.4) is 0 Å². The van der Waals surface area contributed by atoms with E-state index in [1.165, 1.54) is 24.5 Å². The summed E-state index contributed by atoms with van der Waals surface area (Å²) in [6.07, 6.45) is 13.7. The molecule has 3 heteroatoms. The summed E-state index contributed by atoms with van der Waals surface area (Å²) in [5, 5.41) is 0. The van der Waals surface area contributed by atoms with E-state index in [4.69, 9.17) is 9.47 Å². The second kappa shape index (κ2) is 7.83. The van der Waals surface area contributed by atoms with E-state index in [1.807, 2.05) is 31.2 Å². The second-order valence-corrected chi connectivity index (χ2v) is 6.60. The van der Waals surface area contributed by atoms with Gasteiger partial charge in [0.05, 0.1) is 6.61 Å². The molecule has 2 aliphatic carbocycles. The fraction of sp³-hybridized carbons (Fsp3) is 0.409. The van der Waals surface area contributed by atoms with Crippen molar-refractivity contribution in [1.82, 2.24) is 0 Å². The monoisotopic (exact) mass is 338 g/mol. The highest BCUT2D eigenvalue weighted by Gasteiger charge is 2.39. The van der Waals surface area contributed by atoms with Gasteiger partial charge in [0, 0.05) is 19.1 Å². The molecule has 0 aliphatic heterocycles. The lowest BCUT2D eigenvalue weighted by atomic mass is 9.80. The molecule has 0 bridgehead atoms. The van der Waals surface area contributed by atoms with Crippen LogP contribution in [0.15, 0.2) is 66.3 Å². The Kier molecular flexibility index (Phi) is 5.54. The van der Waals surface area contributed by atoms with E-state index < -0.39 is 5.60 Å². The number of benzene rings is 1. The van der Waals surface area contributed by atoms with Gasteiger partial charge in [-0.3, -0.25) is 0 Å². The van der Waals surface area contributed by atoms with Crippen LogP contribution in [0.4, 0.5) is 0 Å². The van der Waals surface area contributed by atoms with Gasteiger partial charge in [0.15, 0.2) is 0 Å². The number of esters is 1. The zero-order valence-electron chi connectivity index (χ0n) is 15.0. The largest absolute Gasteiger partial charge is 0.463 e. The molecule has 25 heavy (non-hydrogen) atoms. The Balaban J connectivity index is 2.05. The van der Waals surface area contributed by atoms with Gasteiger partial charge in [0.1, 0.15) is 5.60 Å². The lowest BCUT2D eigenvalue weighted by molar-refractivity contribution is -0.137. The molecule has 132 valence electrons. The highest BCUT2D eigenvalue weighted by Crippen LogP contribution is 2.45. The normalized spacial score (nSPS) is 28.5. The number of fused-ring (bicyclic) bond motifs is 1. The lowest BCUT2D eigenvalue weighted by Crippen LogP contribution is -2.33. The van der Waals surface area contributed by atoms with Gasteiger partial charge in [-0.2, -0.15) is 0 Å². The van der Waals surface area contributed by atoms with Crippen molar-refractivity contribution in [3.8, 4) is 0 Å². The van der Waals surface area contributed by atoms with E-state index in [2.05, 4.69) is 30.4 Å². The Labute approximate surface area is 150 Å². The summed E-state index contributed by atoms with van der Waals surface area (Å²) in [4.78, 5) is 11.8. The molecule has 0 heterocycles. The van der Waals surface area contributed by atoms with Gasteiger partial charge < -0.3 is 9.47 Å². The van der Waals surface area contributed by atoms with Crippen LogP contribution >= 0.6 is 0 Å². The molecule has 3 nitrogen and oxygen atoms in total. The van der Waals surface area contributed by atoms with E-state index in [1.54, 1.807) is 7.11 Å². The van der Waals surface area contributed by atoms with Gasteiger partial charge in [0.25, 0.3) is 0 Å². The molecule has 0 amide bonds. The van der Waals surface area contributed by atoms with E-state index >= 15 is 0 Å². The van der Waals surface area contributed by atoms with Crippen LogP contribution in [-0.2, 0) is 19.9 Å². The summed E-state index contributed by atoms with van der Waals surface area (Å²) < 4.78 is 11.2. The zero-order valence-corrected chi connectivity index (χ0v) is 15.0. The van der Waals surface area contributed by atoms with Crippen molar-refractivity contribution in [2.24, 2.45) is 11.8 Å². The number of ether oxygens (including phenoxy) is 2. The smallest absolute Gasteiger partial charge is 0.330 e. The predicted molar refractivity (Wildman–Crippen MR) is 99.0 cm³/mol. The maximum absolute atomic E-state index is 11.8. The highest BCUT2D eigenvalue weighted by molar-refractivity contribution is 5.82. The summed E-state index contributed by atoms with van der Waals surface area (Å²) in [5.74, 6) is 0.104. The average Bonchev–Trinajstić information content (AvgIpc) is 3.02. The Morgan fingerprint density at radius 2 is 2.08 bits per heavy atom. The van der Waals surface area contributed by atoms with Gasteiger partial charge in [-0.15, -0.1) is 0 Å². The number of allylic oxidation sites excluding steroid dienone is 2. The molecule has 3 rings (SSSR count). The van der Waals surface area contributed by atoms with Crippen LogP contribution in [0, 0.1) is 11.8 Å². The second-order valence-electron chi connectivity index (χ2n) is 6.60. The number of carbonyl (C=O) groups excluding carboxylic acids is 1. The average molecular weight is 338 g/mol. The van der Waals surface area contributed by atoms with Crippen LogP contribution in [0.1, 0.15) is 31.7 Å². The fourth-order valence-corrected chi connectivity index (χ4v) is 3.93. The SMILES string of the molecule is CCOC(=O)/C=C/[C@@H]1C=C[C@@H]2CCCC2=C[C@]1(OC)c1ccccc1. The first-order chi connectivity index (χ1) is 12.2. The standard InChI is InChI=1S/C22H26O3/c1-3-25-21(23)15-14-20-13-12-17-8-7-9-18(17)16-22(20,24-2)19-10-5-4-6-11-19/h4-6,10-17,20H,3,7-9H2,1-2H3/b15-14+/t17-,20-,22-/m0/s1. The third kappa shape index (κ3) is 3.62. The summed E-state index contributed by atoms with van der Waals surface area (Å²) >= 11 is 0. The van der Waals surface area contributed by atoms with E-state index in [0.29, 0.717) is 12.5 Å². The van der Waals surface area contributed by atoms with Crippen LogP contribution in [0.2, 0.25) is 0 Å². The first kappa shape index (κ1) is 17.7. The minimum absolute atomic E-state index is 0.0672. The van der Waals surface area contributed by atoms with Gasteiger partial charge in [-0.25, -0.2) is 4.79 Å². The molecule has 2 aliphatic rings. The molecule has 1 saturated carbocycles. The third-order valence-corrected chi connectivity index (χ3v) is 5.19. The Morgan fingerprint density at radius 1 is 1.28 bits per heavy atom.